The molecule has 0 aliphatic rings. The molecule has 0 unspecified atom stereocenters. The highest BCUT2D eigenvalue weighted by atomic mass is 19.4. The molecule has 0 atom stereocenters. The van der Waals surface area contributed by atoms with Crippen molar-refractivity contribution in [1.29, 1.82) is 0 Å². The van der Waals surface area contributed by atoms with Gasteiger partial charge in [-0.15, -0.1) is 0 Å². The van der Waals surface area contributed by atoms with E-state index in [9.17, 15) is 13.2 Å². The zero-order valence-electron chi connectivity index (χ0n) is 4.94. The lowest BCUT2D eigenvalue weighted by molar-refractivity contribution is -0.146. The molecule has 1 aromatic heterocycles. The molecule has 0 saturated carbocycles. The van der Waals surface area contributed by atoms with E-state index in [4.69, 9.17) is 0 Å². The van der Waals surface area contributed by atoms with Gasteiger partial charge < -0.3 is 4.52 Å². The van der Waals surface area contributed by atoms with Crippen LogP contribution in [0.4, 0.5) is 13.2 Å². The molecule has 6 heteroatoms. The second kappa shape index (κ2) is 1.96. The lowest BCUT2D eigenvalue weighted by atomic mass is 10.6. The standard InChI is InChI=1S/C4H3F3N2O/c1-2-8-3(9-10-2)4(5,6)7/h1H3. The number of aryl methyl sites for hydroxylation is 1. The second-order valence-corrected chi connectivity index (χ2v) is 1.63. The molecular formula is C4H3F3N2O. The fourth-order valence-electron chi connectivity index (χ4n) is 0.414. The highest BCUT2D eigenvalue weighted by Gasteiger charge is 2.36. The first-order chi connectivity index (χ1) is 4.50. The monoisotopic (exact) mass is 152 g/mol. The first-order valence-corrected chi connectivity index (χ1v) is 2.37. The lowest BCUT2D eigenvalue weighted by Crippen LogP contribution is -2.06. The third-order valence-corrected chi connectivity index (χ3v) is 0.781. The Bertz CT molecular complexity index is 229. The van der Waals surface area contributed by atoms with Gasteiger partial charge in [0.15, 0.2) is 0 Å². The van der Waals surface area contributed by atoms with Gasteiger partial charge in [-0.2, -0.15) is 18.2 Å². The van der Waals surface area contributed by atoms with Crippen LogP contribution in [0.1, 0.15) is 11.7 Å². The number of hydrogen-bond acceptors (Lipinski definition) is 3. The zero-order valence-corrected chi connectivity index (χ0v) is 4.94. The van der Waals surface area contributed by atoms with E-state index in [2.05, 4.69) is 14.7 Å². The smallest absolute Gasteiger partial charge is 0.339 e. The molecular weight excluding hydrogens is 149 g/mol. The second-order valence-electron chi connectivity index (χ2n) is 1.63. The van der Waals surface area contributed by atoms with Crippen LogP contribution in [0.5, 0.6) is 0 Å². The van der Waals surface area contributed by atoms with Crippen molar-refractivity contribution in [1.82, 2.24) is 10.1 Å². The van der Waals surface area contributed by atoms with Crippen LogP contribution in [0.3, 0.4) is 0 Å². The average molecular weight is 152 g/mol. The summed E-state index contributed by atoms with van der Waals surface area (Å²) >= 11 is 0. The average Bonchev–Trinajstić information content (AvgIpc) is 2.11. The van der Waals surface area contributed by atoms with Crippen molar-refractivity contribution in [3.63, 3.8) is 0 Å². The maximum Gasteiger partial charge on any atom is 0.455 e. The molecule has 56 valence electrons. The summed E-state index contributed by atoms with van der Waals surface area (Å²) in [6.45, 7) is 1.29. The normalized spacial score (nSPS) is 12.0. The van der Waals surface area contributed by atoms with Crippen molar-refractivity contribution in [2.24, 2.45) is 0 Å². The number of nitrogens with zero attached hydrogens (tertiary/aromatic N) is 2. The van der Waals surface area contributed by atoms with Gasteiger partial charge in [-0.3, -0.25) is 0 Å². The maximum atomic E-state index is 11.6. The molecule has 1 heterocycles. The molecule has 0 aromatic carbocycles. The van der Waals surface area contributed by atoms with Gasteiger partial charge in [0.25, 0.3) is 5.82 Å². The molecule has 0 saturated heterocycles. The summed E-state index contributed by atoms with van der Waals surface area (Å²) in [5, 5.41) is 2.68. The van der Waals surface area contributed by atoms with Crippen molar-refractivity contribution in [2.45, 2.75) is 13.1 Å². The van der Waals surface area contributed by atoms with Gasteiger partial charge in [0.05, 0.1) is 0 Å². The van der Waals surface area contributed by atoms with E-state index in [0.29, 0.717) is 0 Å². The Morgan fingerprint density at radius 3 is 2.20 bits per heavy atom. The molecule has 3 nitrogen and oxygen atoms in total. The molecule has 0 fully saturated rings. The van der Waals surface area contributed by atoms with Crippen LogP contribution in [-0.4, -0.2) is 10.1 Å². The first kappa shape index (κ1) is 7.04. The van der Waals surface area contributed by atoms with Gasteiger partial charge in [-0.05, 0) is 0 Å². The summed E-state index contributed by atoms with van der Waals surface area (Å²) in [7, 11) is 0. The van der Waals surface area contributed by atoms with Gasteiger partial charge in [-0.25, -0.2) is 0 Å². The predicted octanol–water partition coefficient (Wildman–Crippen LogP) is 1.40. The van der Waals surface area contributed by atoms with Crippen LogP contribution in [0.15, 0.2) is 4.52 Å². The van der Waals surface area contributed by atoms with Crippen LogP contribution < -0.4 is 0 Å². The van der Waals surface area contributed by atoms with Gasteiger partial charge >= 0.3 is 6.18 Å². The lowest BCUT2D eigenvalue weighted by Gasteiger charge is -1.95. The third kappa shape index (κ3) is 1.26. The molecule has 0 aliphatic carbocycles. The Balaban J connectivity index is 2.96. The van der Waals surface area contributed by atoms with Crippen molar-refractivity contribution in [2.75, 3.05) is 0 Å². The Kier molecular flexibility index (Phi) is 1.38. The maximum absolute atomic E-state index is 11.6. The Labute approximate surface area is 53.8 Å². The minimum absolute atomic E-state index is 0.0904. The summed E-state index contributed by atoms with van der Waals surface area (Å²) in [5.74, 6) is -1.32. The zero-order chi connectivity index (χ0) is 7.78. The summed E-state index contributed by atoms with van der Waals surface area (Å²) < 4.78 is 39.0. The van der Waals surface area contributed by atoms with Crippen molar-refractivity contribution < 1.29 is 17.7 Å². The predicted molar refractivity (Wildman–Crippen MR) is 24.0 cm³/mol. The largest absolute Gasteiger partial charge is 0.455 e. The Hall–Kier alpha value is -1.07. The fraction of sp³-hybridized carbons (Fsp3) is 0.500. The van der Waals surface area contributed by atoms with Gasteiger partial charge in [0.2, 0.25) is 5.89 Å². The summed E-state index contributed by atoms with van der Waals surface area (Å²) in [6.07, 6.45) is -4.50. The van der Waals surface area contributed by atoms with E-state index < -0.39 is 12.0 Å². The third-order valence-electron chi connectivity index (χ3n) is 0.781. The number of aromatic nitrogens is 2. The van der Waals surface area contributed by atoms with E-state index in [-0.39, 0.29) is 5.89 Å². The Morgan fingerprint density at radius 1 is 1.40 bits per heavy atom. The molecule has 0 radical (unpaired) electrons. The first-order valence-electron chi connectivity index (χ1n) is 2.37. The van der Waals surface area contributed by atoms with E-state index in [1.165, 1.54) is 6.92 Å². The number of rotatable bonds is 0. The van der Waals surface area contributed by atoms with Crippen LogP contribution in [-0.2, 0) is 6.18 Å². The minimum Gasteiger partial charge on any atom is -0.339 e. The highest BCUT2D eigenvalue weighted by molar-refractivity contribution is 4.88. The molecule has 0 spiro atoms. The van der Waals surface area contributed by atoms with E-state index in [0.717, 1.165) is 0 Å². The molecule has 1 rings (SSSR count). The van der Waals surface area contributed by atoms with Gasteiger partial charge in [0.1, 0.15) is 0 Å². The van der Waals surface area contributed by atoms with Gasteiger partial charge in [-0.1, -0.05) is 5.16 Å². The summed E-state index contributed by atoms with van der Waals surface area (Å²) in [4.78, 5) is 2.98. The van der Waals surface area contributed by atoms with E-state index >= 15 is 0 Å². The van der Waals surface area contributed by atoms with Crippen LogP contribution in [0, 0.1) is 6.92 Å². The van der Waals surface area contributed by atoms with Crippen molar-refractivity contribution in [3.05, 3.63) is 11.7 Å². The number of halogens is 3. The van der Waals surface area contributed by atoms with Crippen LogP contribution >= 0.6 is 0 Å². The van der Waals surface area contributed by atoms with E-state index in [1.807, 2.05) is 0 Å². The minimum atomic E-state index is -4.50. The van der Waals surface area contributed by atoms with Crippen LogP contribution in [0.2, 0.25) is 0 Å². The topological polar surface area (TPSA) is 38.9 Å². The molecule has 10 heavy (non-hydrogen) atoms. The Morgan fingerprint density at radius 2 is 2.00 bits per heavy atom. The number of alkyl halides is 3. The van der Waals surface area contributed by atoms with Crippen LogP contribution in [0.25, 0.3) is 0 Å². The number of hydrogen-bond donors (Lipinski definition) is 0. The van der Waals surface area contributed by atoms with Crippen molar-refractivity contribution in [3.8, 4) is 0 Å². The molecule has 0 amide bonds. The quantitative estimate of drug-likeness (QED) is 0.563. The summed E-state index contributed by atoms with van der Waals surface area (Å²) in [5.41, 5.74) is 0. The van der Waals surface area contributed by atoms with E-state index in [1.54, 1.807) is 0 Å². The highest BCUT2D eigenvalue weighted by Crippen LogP contribution is 2.25. The molecule has 1 aromatic rings. The fourth-order valence-corrected chi connectivity index (χ4v) is 0.414. The molecule has 0 bridgehead atoms. The molecule has 0 aliphatic heterocycles. The SMILES string of the molecule is Cc1nc(C(F)(F)F)no1. The van der Waals surface area contributed by atoms with Crippen molar-refractivity contribution >= 4 is 0 Å². The summed E-state index contributed by atoms with van der Waals surface area (Å²) in [6, 6.07) is 0. The molecule has 0 N–H and O–H groups in total. The van der Waals surface area contributed by atoms with Gasteiger partial charge in [0, 0.05) is 6.92 Å².